The lowest BCUT2D eigenvalue weighted by Gasteiger charge is -2.28. The average molecular weight is 291 g/mol. The van der Waals surface area contributed by atoms with Crippen LogP contribution >= 0.6 is 0 Å². The molecule has 0 aliphatic carbocycles. The first-order valence-corrected chi connectivity index (χ1v) is 7.05. The Bertz CT molecular complexity index is 445. The van der Waals surface area contributed by atoms with Crippen LogP contribution < -0.4 is 0 Å². The molecular formula is C15H21N3O3. The number of ether oxygens (including phenoxy) is 1. The van der Waals surface area contributed by atoms with E-state index >= 15 is 0 Å². The van der Waals surface area contributed by atoms with E-state index in [1.165, 1.54) is 0 Å². The van der Waals surface area contributed by atoms with Crippen LogP contribution in [0.4, 0.5) is 0 Å². The van der Waals surface area contributed by atoms with Gasteiger partial charge >= 0.3 is 0 Å². The van der Waals surface area contributed by atoms with Crippen LogP contribution in [0, 0.1) is 0 Å². The van der Waals surface area contributed by atoms with Gasteiger partial charge in [0.2, 0.25) is 0 Å². The second-order valence-corrected chi connectivity index (χ2v) is 4.76. The number of allylic oxidation sites excluding steroid dienone is 1. The van der Waals surface area contributed by atoms with Crippen LogP contribution in [0.1, 0.15) is 5.56 Å². The highest BCUT2D eigenvalue weighted by Gasteiger charge is 2.14. The van der Waals surface area contributed by atoms with E-state index in [1.807, 2.05) is 18.2 Å². The zero-order valence-corrected chi connectivity index (χ0v) is 12.0. The van der Waals surface area contributed by atoms with Crippen LogP contribution in [-0.4, -0.2) is 66.8 Å². The minimum absolute atomic E-state index is 0.189. The maximum Gasteiger partial charge on any atom is 0.144 e. The molecule has 0 spiro atoms. The van der Waals surface area contributed by atoms with Crippen molar-refractivity contribution in [3.05, 3.63) is 36.2 Å². The third-order valence-corrected chi connectivity index (χ3v) is 3.03. The summed E-state index contributed by atoms with van der Waals surface area (Å²) in [5.41, 5.74) is 0.997. The molecule has 1 aromatic rings. The SMILES string of the molecule is OC(CO/N=C/C=C/c1cccnc1)CN1CCOCC1. The molecule has 2 heterocycles. The summed E-state index contributed by atoms with van der Waals surface area (Å²) in [6.45, 7) is 3.94. The summed E-state index contributed by atoms with van der Waals surface area (Å²) in [6, 6.07) is 3.82. The van der Waals surface area contributed by atoms with Crippen LogP contribution in [0.15, 0.2) is 35.8 Å². The van der Waals surface area contributed by atoms with E-state index in [0.29, 0.717) is 6.54 Å². The summed E-state index contributed by atoms with van der Waals surface area (Å²) >= 11 is 0. The Kier molecular flexibility index (Phi) is 6.87. The Hall–Kier alpha value is -1.76. The molecule has 1 unspecified atom stereocenters. The summed E-state index contributed by atoms with van der Waals surface area (Å²) in [5, 5.41) is 13.6. The fourth-order valence-electron chi connectivity index (χ4n) is 1.97. The number of oxime groups is 1. The summed E-state index contributed by atoms with van der Waals surface area (Å²) in [7, 11) is 0. The molecule has 0 saturated carbocycles. The maximum absolute atomic E-state index is 9.83. The number of morpholine rings is 1. The van der Waals surface area contributed by atoms with Crippen molar-refractivity contribution in [3.8, 4) is 0 Å². The van der Waals surface area contributed by atoms with Gasteiger partial charge < -0.3 is 14.7 Å². The highest BCUT2D eigenvalue weighted by molar-refractivity contribution is 5.77. The third-order valence-electron chi connectivity index (χ3n) is 3.03. The number of hydrogen-bond donors (Lipinski definition) is 1. The van der Waals surface area contributed by atoms with Crippen molar-refractivity contribution in [1.29, 1.82) is 0 Å². The minimum Gasteiger partial charge on any atom is -0.393 e. The van der Waals surface area contributed by atoms with Gasteiger partial charge in [0.1, 0.15) is 12.7 Å². The fourth-order valence-corrected chi connectivity index (χ4v) is 1.97. The molecule has 1 aliphatic heterocycles. The molecule has 6 heteroatoms. The van der Waals surface area contributed by atoms with Gasteiger partial charge in [-0.3, -0.25) is 9.88 Å². The smallest absolute Gasteiger partial charge is 0.144 e. The second-order valence-electron chi connectivity index (χ2n) is 4.76. The van der Waals surface area contributed by atoms with E-state index in [-0.39, 0.29) is 6.61 Å². The van der Waals surface area contributed by atoms with Crippen molar-refractivity contribution in [2.75, 3.05) is 39.5 Å². The minimum atomic E-state index is -0.539. The van der Waals surface area contributed by atoms with Crippen LogP contribution in [0.5, 0.6) is 0 Å². The predicted molar refractivity (Wildman–Crippen MR) is 81.0 cm³/mol. The number of rotatable bonds is 7. The number of hydrogen-bond acceptors (Lipinski definition) is 6. The van der Waals surface area contributed by atoms with E-state index < -0.39 is 6.10 Å². The second kappa shape index (κ2) is 9.23. The maximum atomic E-state index is 9.83. The summed E-state index contributed by atoms with van der Waals surface area (Å²) in [4.78, 5) is 11.2. The highest BCUT2D eigenvalue weighted by atomic mass is 16.6. The van der Waals surface area contributed by atoms with E-state index in [1.54, 1.807) is 24.7 Å². The van der Waals surface area contributed by atoms with E-state index in [0.717, 1.165) is 31.9 Å². The first kappa shape index (κ1) is 15.6. The van der Waals surface area contributed by atoms with E-state index in [4.69, 9.17) is 9.57 Å². The summed E-state index contributed by atoms with van der Waals surface area (Å²) in [5.74, 6) is 0. The van der Waals surface area contributed by atoms with Crippen LogP contribution in [0.2, 0.25) is 0 Å². The standard InChI is InChI=1S/C15H21N3O3/c19-15(12-18-7-9-20-10-8-18)13-21-17-6-2-4-14-3-1-5-16-11-14/h1-6,11,15,19H,7-10,12-13H2/b4-2+,17-6+. The fraction of sp³-hybridized carbons (Fsp3) is 0.467. The molecule has 1 aliphatic rings. The molecule has 0 bridgehead atoms. The lowest BCUT2D eigenvalue weighted by Crippen LogP contribution is -2.42. The molecule has 0 aromatic carbocycles. The van der Waals surface area contributed by atoms with E-state index in [9.17, 15) is 5.11 Å². The topological polar surface area (TPSA) is 67.2 Å². The first-order valence-electron chi connectivity index (χ1n) is 7.05. The quantitative estimate of drug-likeness (QED) is 0.594. The normalized spacial score (nSPS) is 18.3. The van der Waals surface area contributed by atoms with Crippen molar-refractivity contribution in [3.63, 3.8) is 0 Å². The lowest BCUT2D eigenvalue weighted by atomic mass is 10.3. The molecule has 1 atom stereocenters. The van der Waals surface area contributed by atoms with Gasteiger partial charge in [0, 0.05) is 32.0 Å². The number of aliphatic hydroxyl groups excluding tert-OH is 1. The zero-order valence-electron chi connectivity index (χ0n) is 12.0. The molecule has 1 N–H and O–H groups in total. The molecular weight excluding hydrogens is 270 g/mol. The van der Waals surface area contributed by atoms with Crippen molar-refractivity contribution < 1.29 is 14.7 Å². The Balaban J connectivity index is 1.59. The van der Waals surface area contributed by atoms with Gasteiger partial charge in [-0.15, -0.1) is 0 Å². The Labute approximate surface area is 124 Å². The van der Waals surface area contributed by atoms with Crippen molar-refractivity contribution in [2.45, 2.75) is 6.10 Å². The molecule has 2 rings (SSSR count). The molecule has 1 fully saturated rings. The predicted octanol–water partition coefficient (Wildman–Crippen LogP) is 0.790. The van der Waals surface area contributed by atoms with Crippen LogP contribution in [0.3, 0.4) is 0 Å². The van der Waals surface area contributed by atoms with Gasteiger partial charge in [0.25, 0.3) is 0 Å². The molecule has 6 nitrogen and oxygen atoms in total. The van der Waals surface area contributed by atoms with Crippen molar-refractivity contribution >= 4 is 12.3 Å². The van der Waals surface area contributed by atoms with Crippen molar-refractivity contribution in [2.24, 2.45) is 5.16 Å². The molecule has 1 aromatic heterocycles. The zero-order chi connectivity index (χ0) is 14.8. The summed E-state index contributed by atoms with van der Waals surface area (Å²) in [6.07, 6.45) is 8.15. The third kappa shape index (κ3) is 6.48. The van der Waals surface area contributed by atoms with Crippen LogP contribution in [-0.2, 0) is 9.57 Å². The molecule has 114 valence electrons. The van der Waals surface area contributed by atoms with Crippen LogP contribution in [0.25, 0.3) is 6.08 Å². The number of aliphatic hydroxyl groups is 1. The van der Waals surface area contributed by atoms with Gasteiger partial charge in [0.05, 0.1) is 19.4 Å². The highest BCUT2D eigenvalue weighted by Crippen LogP contribution is 1.99. The largest absolute Gasteiger partial charge is 0.393 e. The van der Waals surface area contributed by atoms with Gasteiger partial charge in [-0.2, -0.15) is 0 Å². The number of nitrogens with zero attached hydrogens (tertiary/aromatic N) is 3. The molecule has 1 saturated heterocycles. The molecule has 0 amide bonds. The number of pyridine rings is 1. The van der Waals surface area contributed by atoms with Crippen molar-refractivity contribution in [1.82, 2.24) is 9.88 Å². The van der Waals surface area contributed by atoms with Gasteiger partial charge in [0.15, 0.2) is 0 Å². The average Bonchev–Trinajstić information content (AvgIpc) is 2.53. The monoisotopic (exact) mass is 291 g/mol. The van der Waals surface area contributed by atoms with Gasteiger partial charge in [-0.1, -0.05) is 17.3 Å². The number of aromatic nitrogens is 1. The number of β-amino-alcohol motifs (C(OH)–C–C–N with tert-alkyl or cyclic N) is 1. The van der Waals surface area contributed by atoms with Gasteiger partial charge in [-0.05, 0) is 17.7 Å². The Morgan fingerprint density at radius 1 is 1.48 bits per heavy atom. The molecule has 21 heavy (non-hydrogen) atoms. The molecule has 0 radical (unpaired) electrons. The van der Waals surface area contributed by atoms with Gasteiger partial charge in [-0.25, -0.2) is 0 Å². The first-order chi connectivity index (χ1) is 10.3. The van der Waals surface area contributed by atoms with E-state index in [2.05, 4.69) is 15.0 Å². The Morgan fingerprint density at radius 2 is 2.33 bits per heavy atom. The Morgan fingerprint density at radius 3 is 3.10 bits per heavy atom. The summed E-state index contributed by atoms with van der Waals surface area (Å²) < 4.78 is 5.25. The lowest BCUT2D eigenvalue weighted by molar-refractivity contribution is -0.0128.